The Morgan fingerprint density at radius 3 is 2.67 bits per heavy atom. The molecule has 4 heteroatoms. The molecule has 1 aromatic carbocycles. The van der Waals surface area contributed by atoms with E-state index in [1.165, 1.54) is 17.5 Å². The van der Waals surface area contributed by atoms with Crippen LogP contribution in [0.1, 0.15) is 21.3 Å². The number of aryl methyl sites for hydroxylation is 1. The first-order valence-corrected chi connectivity index (χ1v) is 9.36. The summed E-state index contributed by atoms with van der Waals surface area (Å²) in [5.41, 5.74) is 6.06. The molecule has 1 unspecified atom stereocenters. The van der Waals surface area contributed by atoms with Gasteiger partial charge in [-0.3, -0.25) is 0 Å². The zero-order valence-corrected chi connectivity index (χ0v) is 15.7. The average molecular weight is 395 g/mol. The van der Waals surface area contributed by atoms with Gasteiger partial charge >= 0.3 is 125 Å². The van der Waals surface area contributed by atoms with Crippen LogP contribution in [-0.2, 0) is 30.3 Å². The summed E-state index contributed by atoms with van der Waals surface area (Å²) in [4.78, 5) is 0. The van der Waals surface area contributed by atoms with Crippen LogP contribution in [0.5, 0.6) is 0 Å². The molecule has 1 aromatic heterocycles. The van der Waals surface area contributed by atoms with E-state index in [0.29, 0.717) is 3.63 Å². The van der Waals surface area contributed by atoms with Crippen molar-refractivity contribution in [1.29, 1.82) is 0 Å². The fourth-order valence-corrected chi connectivity index (χ4v) is 7.34. The summed E-state index contributed by atoms with van der Waals surface area (Å²) in [5, 5.41) is 0. The minimum absolute atomic E-state index is 0. The average Bonchev–Trinajstić information content (AvgIpc) is 3.11. The number of benzene rings is 1. The molecule has 0 saturated carbocycles. The maximum Gasteiger partial charge on any atom is -1.00 e. The number of rotatable bonds is 2. The van der Waals surface area contributed by atoms with Gasteiger partial charge in [0.25, 0.3) is 0 Å². The first-order chi connectivity index (χ1) is 9.34. The molecule has 0 fully saturated rings. The first kappa shape index (κ1) is 16.8. The molecule has 0 spiro atoms. The zero-order chi connectivity index (χ0) is 12.8. The van der Waals surface area contributed by atoms with Gasteiger partial charge < -0.3 is 24.8 Å². The Balaban J connectivity index is 0.000000807. The molecule has 0 amide bonds. The van der Waals surface area contributed by atoms with Gasteiger partial charge in [-0.05, 0) is 0 Å². The SMILES string of the molecule is Cn1ccc2c1[CH]([Zr+2][C]1=CC=CC1)c1ccccc1-2.[Cl-].[Cl-]. The van der Waals surface area contributed by atoms with Crippen LogP contribution in [0.15, 0.2) is 58.0 Å². The minimum Gasteiger partial charge on any atom is -1.00 e. The summed E-state index contributed by atoms with van der Waals surface area (Å²) in [5.74, 6) is 0. The number of aromatic nitrogens is 1. The molecule has 0 N–H and O–H groups in total. The fourth-order valence-electron chi connectivity index (χ4n) is 3.16. The summed E-state index contributed by atoms with van der Waals surface area (Å²) in [6.07, 6.45) is 10.3. The van der Waals surface area contributed by atoms with E-state index in [4.69, 9.17) is 0 Å². The molecule has 0 bridgehead atoms. The summed E-state index contributed by atoms with van der Waals surface area (Å²) >= 11 is -0.584. The van der Waals surface area contributed by atoms with Crippen LogP contribution in [0, 0.1) is 0 Å². The van der Waals surface area contributed by atoms with E-state index in [1.54, 1.807) is 14.5 Å². The molecular weight excluding hydrogens is 380 g/mol. The van der Waals surface area contributed by atoms with Gasteiger partial charge in [0, 0.05) is 0 Å². The molecule has 1 atom stereocenters. The van der Waals surface area contributed by atoms with E-state index in [-0.39, 0.29) is 24.8 Å². The van der Waals surface area contributed by atoms with Crippen molar-refractivity contribution in [2.75, 3.05) is 0 Å². The van der Waals surface area contributed by atoms with Crippen molar-refractivity contribution >= 4 is 0 Å². The Labute approximate surface area is 149 Å². The molecule has 2 aromatic rings. The number of nitrogens with zero attached hydrogens (tertiary/aromatic N) is 1. The van der Waals surface area contributed by atoms with Crippen molar-refractivity contribution in [3.8, 4) is 11.1 Å². The Bertz CT molecular complexity index is 715. The molecule has 0 aliphatic heterocycles. The molecule has 106 valence electrons. The largest absolute Gasteiger partial charge is 1.00 e. The second-order valence-corrected chi connectivity index (χ2v) is 8.92. The molecular formula is C17H15Cl2NZr. The van der Waals surface area contributed by atoms with Crippen molar-refractivity contribution in [1.82, 2.24) is 4.57 Å². The molecule has 4 rings (SSSR count). The van der Waals surface area contributed by atoms with Crippen LogP contribution in [0.3, 0.4) is 0 Å². The van der Waals surface area contributed by atoms with Crippen LogP contribution in [0.4, 0.5) is 0 Å². The second-order valence-electron chi connectivity index (χ2n) is 5.21. The summed E-state index contributed by atoms with van der Waals surface area (Å²) in [6.45, 7) is 0. The number of allylic oxidation sites excluding steroid dienone is 4. The molecule has 0 saturated heterocycles. The zero-order valence-electron chi connectivity index (χ0n) is 11.7. The van der Waals surface area contributed by atoms with Crippen LogP contribution in [0.2, 0.25) is 0 Å². The van der Waals surface area contributed by atoms with E-state index < -0.39 is 23.2 Å². The summed E-state index contributed by atoms with van der Waals surface area (Å²) < 4.78 is 4.75. The Kier molecular flexibility index (Phi) is 5.35. The minimum atomic E-state index is -0.584. The van der Waals surface area contributed by atoms with E-state index in [0.717, 1.165) is 0 Å². The van der Waals surface area contributed by atoms with Crippen molar-refractivity contribution in [3.63, 3.8) is 0 Å². The van der Waals surface area contributed by atoms with Gasteiger partial charge in [-0.1, -0.05) is 0 Å². The predicted molar refractivity (Wildman–Crippen MR) is 74.5 cm³/mol. The molecule has 2 aliphatic carbocycles. The second kappa shape index (κ2) is 6.69. The van der Waals surface area contributed by atoms with Gasteiger partial charge in [0.15, 0.2) is 0 Å². The topological polar surface area (TPSA) is 4.93 Å². The van der Waals surface area contributed by atoms with Gasteiger partial charge in [0.1, 0.15) is 0 Å². The van der Waals surface area contributed by atoms with E-state index in [2.05, 4.69) is 66.4 Å². The van der Waals surface area contributed by atoms with E-state index in [9.17, 15) is 0 Å². The fraction of sp³-hybridized carbons (Fsp3) is 0.176. The summed E-state index contributed by atoms with van der Waals surface area (Å²) in [7, 11) is 2.19. The van der Waals surface area contributed by atoms with Crippen LogP contribution < -0.4 is 24.8 Å². The number of hydrogen-bond acceptors (Lipinski definition) is 0. The van der Waals surface area contributed by atoms with Gasteiger partial charge in [0.2, 0.25) is 0 Å². The Hall–Kier alpha value is -0.557. The van der Waals surface area contributed by atoms with Gasteiger partial charge in [-0.15, -0.1) is 0 Å². The van der Waals surface area contributed by atoms with Crippen LogP contribution in [-0.4, -0.2) is 4.57 Å². The van der Waals surface area contributed by atoms with Gasteiger partial charge in [0.05, 0.1) is 0 Å². The quantitative estimate of drug-likeness (QED) is 0.556. The maximum atomic E-state index is 2.36. The standard InChI is InChI=1S/C12H10N.C5H5.2ClH.Zr/c1-13-7-6-11-10-5-3-2-4-9(10)8-12(11)13;1-2-4-5-3-1;;;/h2-8H,1H3;1-3H,4H2;2*1H;/q;;;;+2/p-2. The van der Waals surface area contributed by atoms with Gasteiger partial charge in [-0.2, -0.15) is 0 Å². The molecule has 2 aliphatic rings. The van der Waals surface area contributed by atoms with Crippen molar-refractivity contribution in [3.05, 3.63) is 69.3 Å². The smallest absolute Gasteiger partial charge is 1.00 e. The number of hydrogen-bond donors (Lipinski definition) is 0. The Morgan fingerprint density at radius 2 is 1.90 bits per heavy atom. The molecule has 1 nitrogen and oxygen atoms in total. The van der Waals surface area contributed by atoms with Gasteiger partial charge in [-0.25, -0.2) is 0 Å². The molecule has 1 heterocycles. The van der Waals surface area contributed by atoms with E-state index in [1.807, 2.05) is 0 Å². The number of halogens is 2. The molecule has 0 radical (unpaired) electrons. The van der Waals surface area contributed by atoms with Crippen molar-refractivity contribution < 1.29 is 48.0 Å². The van der Waals surface area contributed by atoms with E-state index >= 15 is 0 Å². The van der Waals surface area contributed by atoms with Crippen LogP contribution >= 0.6 is 0 Å². The number of fused-ring (bicyclic) bond motifs is 3. The third kappa shape index (κ3) is 2.74. The monoisotopic (exact) mass is 393 g/mol. The normalized spacial score (nSPS) is 17.2. The van der Waals surface area contributed by atoms with Crippen molar-refractivity contribution in [2.24, 2.45) is 7.05 Å². The maximum absolute atomic E-state index is 2.36. The third-order valence-electron chi connectivity index (χ3n) is 4.06. The Morgan fingerprint density at radius 1 is 1.10 bits per heavy atom. The molecule has 21 heavy (non-hydrogen) atoms. The summed E-state index contributed by atoms with van der Waals surface area (Å²) in [6, 6.07) is 11.3. The first-order valence-electron chi connectivity index (χ1n) is 6.71. The van der Waals surface area contributed by atoms with Crippen LogP contribution in [0.25, 0.3) is 11.1 Å². The predicted octanol–water partition coefficient (Wildman–Crippen LogP) is -1.97. The third-order valence-corrected chi connectivity index (χ3v) is 8.03. The van der Waals surface area contributed by atoms with Crippen molar-refractivity contribution in [2.45, 2.75) is 10.0 Å².